The number of nitrogens with one attached hydrogen (secondary N) is 1. The third-order valence-corrected chi connectivity index (χ3v) is 5.82. The summed E-state index contributed by atoms with van der Waals surface area (Å²) in [4.78, 5) is 14.4. The number of benzene rings is 1. The molecule has 1 aliphatic heterocycles. The van der Waals surface area contributed by atoms with E-state index in [4.69, 9.17) is 0 Å². The highest BCUT2D eigenvalue weighted by Gasteiger charge is 2.32. The van der Waals surface area contributed by atoms with Crippen LogP contribution in [0, 0.1) is 18.3 Å². The van der Waals surface area contributed by atoms with Gasteiger partial charge in [-0.25, -0.2) is 9.97 Å². The molecule has 2 N–H and O–H groups in total. The Labute approximate surface area is 202 Å². The molecule has 4 rings (SSSR count). The molecule has 35 heavy (non-hydrogen) atoms. The van der Waals surface area contributed by atoms with Crippen molar-refractivity contribution in [2.24, 2.45) is 0 Å². The van der Waals surface area contributed by atoms with Gasteiger partial charge in [-0.3, -0.25) is 4.98 Å². The van der Waals surface area contributed by atoms with Gasteiger partial charge in [0.15, 0.2) is 0 Å². The topological polar surface area (TPSA) is 98.0 Å². The lowest BCUT2D eigenvalue weighted by molar-refractivity contribution is -0.141. The van der Waals surface area contributed by atoms with Crippen molar-refractivity contribution in [1.29, 1.82) is 5.26 Å². The summed E-state index contributed by atoms with van der Waals surface area (Å²) < 4.78 is 38.7. The number of anilines is 2. The number of pyridine rings is 1. The molecule has 0 bridgehead atoms. The van der Waals surface area contributed by atoms with Crippen LogP contribution in [0.15, 0.2) is 42.9 Å². The van der Waals surface area contributed by atoms with Gasteiger partial charge in [0.1, 0.15) is 23.9 Å². The smallest absolute Gasteiger partial charge is 0.396 e. The average Bonchev–Trinajstić information content (AvgIpc) is 2.83. The van der Waals surface area contributed by atoms with Crippen LogP contribution in [0.3, 0.4) is 0 Å². The number of rotatable bonds is 6. The van der Waals surface area contributed by atoms with E-state index in [9.17, 15) is 23.5 Å². The molecule has 0 radical (unpaired) electrons. The van der Waals surface area contributed by atoms with Gasteiger partial charge in [-0.15, -0.1) is 0 Å². The number of halogens is 3. The molecular formula is C25H27F3N6O. The predicted octanol–water partition coefficient (Wildman–Crippen LogP) is 4.80. The highest BCUT2D eigenvalue weighted by atomic mass is 19.4. The Morgan fingerprint density at radius 1 is 1.20 bits per heavy atom. The van der Waals surface area contributed by atoms with E-state index in [2.05, 4.69) is 31.2 Å². The van der Waals surface area contributed by atoms with Crippen LogP contribution in [-0.4, -0.2) is 33.2 Å². The molecule has 7 nitrogen and oxygen atoms in total. The zero-order valence-electron chi connectivity index (χ0n) is 18.5. The molecule has 0 fully saturated rings. The molecule has 1 atom stereocenters. The fourth-order valence-corrected chi connectivity index (χ4v) is 4.08. The minimum absolute atomic E-state index is 0. The molecule has 1 aromatic carbocycles. The van der Waals surface area contributed by atoms with E-state index in [-0.39, 0.29) is 20.5 Å². The maximum atomic E-state index is 12.9. The summed E-state index contributed by atoms with van der Waals surface area (Å²) in [6, 6.07) is 9.78. The number of aryl methyl sites for hydroxylation is 1. The van der Waals surface area contributed by atoms with Crippen molar-refractivity contribution in [2.75, 3.05) is 23.4 Å². The third kappa shape index (κ3) is 5.69. The Morgan fingerprint density at radius 2 is 2.00 bits per heavy atom. The number of nitrogens with zero attached hydrogens (tertiary/aromatic N) is 5. The molecule has 0 spiro atoms. The molecule has 3 heterocycles. The molecule has 0 saturated carbocycles. The lowest BCUT2D eigenvalue weighted by atomic mass is 10.0. The fourth-order valence-electron chi connectivity index (χ4n) is 4.08. The maximum Gasteiger partial charge on any atom is 0.433 e. The van der Waals surface area contributed by atoms with Gasteiger partial charge in [0, 0.05) is 37.9 Å². The van der Waals surface area contributed by atoms with E-state index in [0.717, 1.165) is 28.6 Å². The molecule has 0 aliphatic carbocycles. The minimum Gasteiger partial charge on any atom is -0.396 e. The van der Waals surface area contributed by atoms with Gasteiger partial charge in [-0.1, -0.05) is 19.6 Å². The molecule has 0 saturated heterocycles. The predicted molar refractivity (Wildman–Crippen MR) is 127 cm³/mol. The van der Waals surface area contributed by atoms with Crippen LogP contribution in [0.5, 0.6) is 0 Å². The monoisotopic (exact) mass is 484 g/mol. The summed E-state index contributed by atoms with van der Waals surface area (Å²) in [6.45, 7) is 2.91. The Morgan fingerprint density at radius 3 is 2.66 bits per heavy atom. The van der Waals surface area contributed by atoms with E-state index in [1.54, 1.807) is 0 Å². The molecule has 0 amide bonds. The number of nitriles is 1. The largest absolute Gasteiger partial charge is 0.433 e. The zero-order chi connectivity index (χ0) is 24.3. The van der Waals surface area contributed by atoms with Gasteiger partial charge in [0.05, 0.1) is 23.0 Å². The van der Waals surface area contributed by atoms with Crippen LogP contribution in [0.25, 0.3) is 0 Å². The van der Waals surface area contributed by atoms with Crippen LogP contribution in [-0.2, 0) is 19.1 Å². The number of alkyl halides is 3. The van der Waals surface area contributed by atoms with Crippen LogP contribution >= 0.6 is 0 Å². The third-order valence-electron chi connectivity index (χ3n) is 5.82. The summed E-state index contributed by atoms with van der Waals surface area (Å²) in [5, 5.41) is 22.4. The van der Waals surface area contributed by atoms with Crippen molar-refractivity contribution in [3.05, 3.63) is 76.5 Å². The van der Waals surface area contributed by atoms with Crippen molar-refractivity contribution in [2.45, 2.75) is 46.0 Å². The first-order chi connectivity index (χ1) is 16.3. The first kappa shape index (κ1) is 25.9. The van der Waals surface area contributed by atoms with Gasteiger partial charge in [0.2, 0.25) is 0 Å². The van der Waals surface area contributed by atoms with E-state index in [1.807, 2.05) is 25.1 Å². The highest BCUT2D eigenvalue weighted by molar-refractivity contribution is 5.63. The molecular weight excluding hydrogens is 457 g/mol. The lowest BCUT2D eigenvalue weighted by Gasteiger charge is -2.32. The standard InChI is InChI=1S/C24H23F3N6O.CH4/c1-15-2-4-21(17(10-15)11-28)33-8-6-20-18(13-33)23(31-14-30-20)32-19(7-9-34)16-3-5-22(29-12-16)24(25,26)27;/h2-5,10,12,14,19,34H,6-9,13H2,1H3,(H,30,31,32);1H4/t19-;/m1./s1. The summed E-state index contributed by atoms with van der Waals surface area (Å²) in [7, 11) is 0. The second kappa shape index (κ2) is 10.7. The normalized spacial score (nSPS) is 13.9. The second-order valence-corrected chi connectivity index (χ2v) is 8.14. The van der Waals surface area contributed by atoms with Gasteiger partial charge in [0.25, 0.3) is 0 Å². The number of aliphatic hydroxyl groups excluding tert-OH is 1. The Bertz CT molecular complexity index is 1210. The maximum absolute atomic E-state index is 12.9. The van der Waals surface area contributed by atoms with Crippen LogP contribution in [0.4, 0.5) is 24.7 Å². The van der Waals surface area contributed by atoms with Gasteiger partial charge in [-0.05, 0) is 42.7 Å². The Kier molecular flexibility index (Phi) is 7.92. The van der Waals surface area contributed by atoms with Crippen molar-refractivity contribution in [1.82, 2.24) is 15.0 Å². The second-order valence-electron chi connectivity index (χ2n) is 8.14. The van der Waals surface area contributed by atoms with E-state index >= 15 is 0 Å². The lowest BCUT2D eigenvalue weighted by Crippen LogP contribution is -2.32. The van der Waals surface area contributed by atoms with Crippen molar-refractivity contribution < 1.29 is 18.3 Å². The summed E-state index contributed by atoms with van der Waals surface area (Å²) >= 11 is 0. The molecule has 3 aromatic rings. The highest BCUT2D eigenvalue weighted by Crippen LogP contribution is 2.32. The van der Waals surface area contributed by atoms with Crippen molar-refractivity contribution in [3.63, 3.8) is 0 Å². The summed E-state index contributed by atoms with van der Waals surface area (Å²) in [6.07, 6.45) is -0.998. The van der Waals surface area contributed by atoms with E-state index in [0.29, 0.717) is 36.5 Å². The minimum atomic E-state index is -4.52. The number of hydrogen-bond donors (Lipinski definition) is 2. The van der Waals surface area contributed by atoms with E-state index < -0.39 is 17.9 Å². The van der Waals surface area contributed by atoms with Crippen LogP contribution in [0.1, 0.15) is 53.5 Å². The average molecular weight is 485 g/mol. The molecule has 0 unspecified atom stereocenters. The van der Waals surface area contributed by atoms with Crippen LogP contribution < -0.4 is 10.2 Å². The fraction of sp³-hybridized carbons (Fsp3) is 0.360. The Hall–Kier alpha value is -3.71. The number of hydrogen-bond acceptors (Lipinski definition) is 7. The number of fused-ring (bicyclic) bond motifs is 1. The van der Waals surface area contributed by atoms with Crippen molar-refractivity contribution >= 4 is 11.5 Å². The first-order valence-electron chi connectivity index (χ1n) is 10.8. The van der Waals surface area contributed by atoms with E-state index in [1.165, 1.54) is 18.6 Å². The van der Waals surface area contributed by atoms with Crippen LogP contribution in [0.2, 0.25) is 0 Å². The van der Waals surface area contributed by atoms with Gasteiger partial charge < -0.3 is 15.3 Å². The van der Waals surface area contributed by atoms with Gasteiger partial charge >= 0.3 is 6.18 Å². The quantitative estimate of drug-likeness (QED) is 0.518. The Balaban J connectivity index is 0.00000342. The first-order valence-corrected chi connectivity index (χ1v) is 10.8. The molecule has 2 aromatic heterocycles. The number of aromatic nitrogens is 3. The molecule has 10 heteroatoms. The van der Waals surface area contributed by atoms with Crippen molar-refractivity contribution in [3.8, 4) is 6.07 Å². The summed E-state index contributed by atoms with van der Waals surface area (Å²) in [5.41, 5.74) is 3.66. The molecule has 184 valence electrons. The number of aliphatic hydroxyl groups is 1. The SMILES string of the molecule is C.Cc1ccc(N2CCc3ncnc(N[C@H](CCO)c4ccc(C(F)(F)F)nc4)c3C2)c(C#N)c1. The summed E-state index contributed by atoms with van der Waals surface area (Å²) in [5.74, 6) is 0.540. The molecule has 1 aliphatic rings. The van der Waals surface area contributed by atoms with Gasteiger partial charge in [-0.2, -0.15) is 18.4 Å². The zero-order valence-corrected chi connectivity index (χ0v) is 18.5.